The van der Waals surface area contributed by atoms with E-state index in [1.54, 1.807) is 0 Å². The van der Waals surface area contributed by atoms with Crippen LogP contribution in [0.15, 0.2) is 0 Å². The molecule has 0 bridgehead atoms. The van der Waals surface area contributed by atoms with E-state index in [1.807, 2.05) is 11.9 Å². The van der Waals surface area contributed by atoms with Crippen molar-refractivity contribution in [1.82, 2.24) is 10.2 Å². The molecule has 3 aliphatic rings. The van der Waals surface area contributed by atoms with Gasteiger partial charge in [-0.25, -0.2) is 0 Å². The van der Waals surface area contributed by atoms with Crippen LogP contribution in [0.4, 0.5) is 0 Å². The highest BCUT2D eigenvalue weighted by Gasteiger charge is 2.65. The van der Waals surface area contributed by atoms with Crippen LogP contribution in [0.1, 0.15) is 59.8 Å². The molecule has 2 aliphatic heterocycles. The van der Waals surface area contributed by atoms with E-state index in [0.29, 0.717) is 0 Å². The Kier molecular flexibility index (Phi) is 2.48. The Morgan fingerprint density at radius 2 is 1.63 bits per heavy atom. The Bertz CT molecular complexity index is 408. The second kappa shape index (κ2) is 3.53. The van der Waals surface area contributed by atoms with Crippen LogP contribution in [0, 0.1) is 0 Å². The summed E-state index contributed by atoms with van der Waals surface area (Å²) in [5, 5.41) is 3.63. The number of ether oxygens (including phenoxy) is 1. The fourth-order valence-corrected chi connectivity index (χ4v) is 4.60. The van der Waals surface area contributed by atoms with E-state index in [1.165, 1.54) is 6.42 Å². The lowest BCUT2D eigenvalue weighted by Gasteiger charge is -2.51. The number of rotatable bonds is 0. The SMILES string of the molecule is CN1C(=O)C2(CC(C)(C)NC(C)(C)C2)OC12CCC2. The quantitative estimate of drug-likeness (QED) is 0.729. The van der Waals surface area contributed by atoms with Crippen LogP contribution in [0.2, 0.25) is 0 Å². The highest BCUT2D eigenvalue weighted by Crippen LogP contribution is 2.53. The molecule has 3 rings (SSSR count). The van der Waals surface area contributed by atoms with Crippen LogP contribution < -0.4 is 5.32 Å². The lowest BCUT2D eigenvalue weighted by atomic mass is 9.72. The van der Waals surface area contributed by atoms with E-state index in [2.05, 4.69) is 33.0 Å². The molecule has 0 aromatic heterocycles. The first-order chi connectivity index (χ1) is 8.60. The van der Waals surface area contributed by atoms with Gasteiger partial charge in [0.1, 0.15) is 5.72 Å². The predicted molar refractivity (Wildman–Crippen MR) is 73.7 cm³/mol. The number of hydrogen-bond acceptors (Lipinski definition) is 3. The van der Waals surface area contributed by atoms with Gasteiger partial charge in [0.2, 0.25) is 0 Å². The van der Waals surface area contributed by atoms with E-state index in [9.17, 15) is 4.79 Å². The summed E-state index contributed by atoms with van der Waals surface area (Å²) in [6.45, 7) is 8.66. The van der Waals surface area contributed by atoms with Gasteiger partial charge < -0.3 is 15.0 Å². The summed E-state index contributed by atoms with van der Waals surface area (Å²) in [6, 6.07) is 0. The number of piperidine rings is 1. The van der Waals surface area contributed by atoms with E-state index >= 15 is 0 Å². The third-order valence-electron chi connectivity index (χ3n) is 4.96. The van der Waals surface area contributed by atoms with Crippen LogP contribution in [0.5, 0.6) is 0 Å². The maximum Gasteiger partial charge on any atom is 0.257 e. The van der Waals surface area contributed by atoms with E-state index in [4.69, 9.17) is 4.74 Å². The fourth-order valence-electron chi connectivity index (χ4n) is 4.60. The molecule has 0 aromatic rings. The van der Waals surface area contributed by atoms with Crippen LogP contribution in [0.3, 0.4) is 0 Å². The number of carbonyl (C=O) groups is 1. The van der Waals surface area contributed by atoms with Gasteiger partial charge in [0, 0.05) is 31.0 Å². The summed E-state index contributed by atoms with van der Waals surface area (Å²) >= 11 is 0. The van der Waals surface area contributed by atoms with Gasteiger partial charge in [-0.3, -0.25) is 4.79 Å². The van der Waals surface area contributed by atoms with Crippen molar-refractivity contribution in [2.75, 3.05) is 7.05 Å². The van der Waals surface area contributed by atoms with Crippen molar-refractivity contribution in [2.24, 2.45) is 0 Å². The molecule has 0 unspecified atom stereocenters. The fraction of sp³-hybridized carbons (Fsp3) is 0.933. The second-order valence-electron chi connectivity index (χ2n) is 8.01. The highest BCUT2D eigenvalue weighted by atomic mass is 16.6. The summed E-state index contributed by atoms with van der Waals surface area (Å²) in [5.41, 5.74) is -1.06. The van der Waals surface area contributed by atoms with Gasteiger partial charge in [-0.1, -0.05) is 0 Å². The predicted octanol–water partition coefficient (Wildman–Crippen LogP) is 2.03. The lowest BCUT2D eigenvalue weighted by molar-refractivity contribution is -0.198. The highest BCUT2D eigenvalue weighted by molar-refractivity contribution is 5.88. The molecule has 1 aliphatic carbocycles. The van der Waals surface area contributed by atoms with Crippen LogP contribution in [0.25, 0.3) is 0 Å². The average Bonchev–Trinajstić information content (AvgIpc) is 2.35. The van der Waals surface area contributed by atoms with Gasteiger partial charge in [0.25, 0.3) is 5.91 Å². The van der Waals surface area contributed by atoms with Crippen LogP contribution >= 0.6 is 0 Å². The second-order valence-corrected chi connectivity index (χ2v) is 8.01. The van der Waals surface area contributed by atoms with Gasteiger partial charge in [-0.05, 0) is 47.0 Å². The zero-order chi connectivity index (χ0) is 14.1. The van der Waals surface area contributed by atoms with E-state index < -0.39 is 5.60 Å². The smallest absolute Gasteiger partial charge is 0.257 e. The van der Waals surface area contributed by atoms with Crippen LogP contribution in [-0.2, 0) is 9.53 Å². The van der Waals surface area contributed by atoms with Crippen molar-refractivity contribution in [2.45, 2.75) is 82.2 Å². The molecule has 2 spiro atoms. The van der Waals surface area contributed by atoms with Crippen molar-refractivity contribution in [3.63, 3.8) is 0 Å². The summed E-state index contributed by atoms with van der Waals surface area (Å²) in [7, 11) is 1.91. The van der Waals surface area contributed by atoms with E-state index in [0.717, 1.165) is 25.7 Å². The maximum atomic E-state index is 12.8. The molecule has 108 valence electrons. The van der Waals surface area contributed by atoms with E-state index in [-0.39, 0.29) is 22.7 Å². The van der Waals surface area contributed by atoms with Gasteiger partial charge in [0.15, 0.2) is 5.60 Å². The molecule has 19 heavy (non-hydrogen) atoms. The first-order valence-corrected chi connectivity index (χ1v) is 7.38. The Hall–Kier alpha value is -0.610. The van der Waals surface area contributed by atoms with Crippen molar-refractivity contribution in [1.29, 1.82) is 0 Å². The van der Waals surface area contributed by atoms with Gasteiger partial charge in [0.05, 0.1) is 0 Å². The van der Waals surface area contributed by atoms with Crippen molar-refractivity contribution < 1.29 is 9.53 Å². The standard InChI is InChI=1S/C15H26N2O2/c1-12(2)9-14(10-13(3,4)16-12)11(18)17(5)15(19-14)7-6-8-15/h16H,6-10H2,1-5H3. The van der Waals surface area contributed by atoms with Crippen molar-refractivity contribution in [3.8, 4) is 0 Å². The normalized spacial score (nSPS) is 33.7. The largest absolute Gasteiger partial charge is 0.339 e. The molecule has 0 atom stereocenters. The minimum Gasteiger partial charge on any atom is -0.339 e. The third-order valence-corrected chi connectivity index (χ3v) is 4.96. The summed E-state index contributed by atoms with van der Waals surface area (Å²) in [4.78, 5) is 14.7. The molecule has 4 nitrogen and oxygen atoms in total. The maximum absolute atomic E-state index is 12.8. The minimum atomic E-state index is -0.618. The molecule has 0 radical (unpaired) electrons. The Labute approximate surface area is 115 Å². The summed E-state index contributed by atoms with van der Waals surface area (Å²) in [6.07, 6.45) is 4.66. The third kappa shape index (κ3) is 1.83. The van der Waals surface area contributed by atoms with Gasteiger partial charge >= 0.3 is 0 Å². The number of hydrogen-bond donors (Lipinski definition) is 1. The summed E-state index contributed by atoms with van der Waals surface area (Å²) < 4.78 is 6.45. The number of amides is 1. The number of nitrogens with zero attached hydrogens (tertiary/aromatic N) is 1. The Morgan fingerprint density at radius 1 is 1.11 bits per heavy atom. The van der Waals surface area contributed by atoms with Crippen LogP contribution in [-0.4, -0.2) is 40.3 Å². The Morgan fingerprint density at radius 3 is 2.00 bits per heavy atom. The lowest BCUT2D eigenvalue weighted by Crippen LogP contribution is -2.65. The minimum absolute atomic E-state index is 0.0759. The van der Waals surface area contributed by atoms with Gasteiger partial charge in [-0.15, -0.1) is 0 Å². The average molecular weight is 266 g/mol. The van der Waals surface area contributed by atoms with Gasteiger partial charge in [-0.2, -0.15) is 0 Å². The number of carbonyl (C=O) groups excluding carboxylic acids is 1. The topological polar surface area (TPSA) is 41.6 Å². The first kappa shape index (κ1) is 13.4. The molecule has 2 heterocycles. The molecule has 0 aromatic carbocycles. The number of likely N-dealkylation sites (N-methyl/N-ethyl adjacent to an activating group) is 1. The molecular formula is C15H26N2O2. The molecule has 2 saturated heterocycles. The zero-order valence-corrected chi connectivity index (χ0v) is 12.8. The molecule has 3 fully saturated rings. The number of nitrogens with one attached hydrogen (secondary N) is 1. The zero-order valence-electron chi connectivity index (χ0n) is 12.8. The molecule has 4 heteroatoms. The van der Waals surface area contributed by atoms with Crippen molar-refractivity contribution >= 4 is 5.91 Å². The monoisotopic (exact) mass is 266 g/mol. The molecule has 1 saturated carbocycles. The Balaban J connectivity index is 1.97. The molecule has 1 N–H and O–H groups in total. The molecule has 1 amide bonds. The molecular weight excluding hydrogens is 240 g/mol. The van der Waals surface area contributed by atoms with Crippen molar-refractivity contribution in [3.05, 3.63) is 0 Å². The first-order valence-electron chi connectivity index (χ1n) is 7.38. The summed E-state index contributed by atoms with van der Waals surface area (Å²) in [5.74, 6) is 0.190.